The average Bonchev–Trinajstić information content (AvgIpc) is 2.19. The van der Waals surface area contributed by atoms with Crippen LogP contribution < -0.4 is 4.90 Å². The molecule has 0 N–H and O–H groups in total. The van der Waals surface area contributed by atoms with Crippen molar-refractivity contribution in [2.45, 2.75) is 13.3 Å². The van der Waals surface area contributed by atoms with Crippen molar-refractivity contribution in [2.75, 3.05) is 18.0 Å². The molecule has 0 fully saturated rings. The molecule has 0 aromatic heterocycles. The minimum absolute atomic E-state index is 0.243. The van der Waals surface area contributed by atoms with E-state index in [-0.39, 0.29) is 5.82 Å². The van der Waals surface area contributed by atoms with Crippen molar-refractivity contribution in [2.24, 2.45) is 0 Å². The number of nitrogens with zero attached hydrogens (tertiary/aromatic N) is 1. The molecule has 3 heteroatoms. The Bertz CT molecular complexity index is 301. The van der Waals surface area contributed by atoms with Crippen LogP contribution in [0.4, 0.5) is 10.1 Å². The maximum absolute atomic E-state index is 12.9. The van der Waals surface area contributed by atoms with Crippen LogP contribution in [-0.2, 0) is 4.79 Å². The molecule has 0 radical (unpaired) electrons. The Labute approximate surface area is 83.3 Å². The van der Waals surface area contributed by atoms with Gasteiger partial charge in [0.25, 0.3) is 0 Å². The molecule has 0 aliphatic rings. The van der Waals surface area contributed by atoms with Crippen LogP contribution in [0.15, 0.2) is 24.3 Å². The van der Waals surface area contributed by atoms with Gasteiger partial charge >= 0.3 is 0 Å². The summed E-state index contributed by atoms with van der Waals surface area (Å²) in [5.41, 5.74) is 0.828. The summed E-state index contributed by atoms with van der Waals surface area (Å²) in [6, 6.07) is 6.41. The van der Waals surface area contributed by atoms with E-state index in [1.165, 1.54) is 12.1 Å². The van der Waals surface area contributed by atoms with Crippen molar-refractivity contribution in [3.05, 3.63) is 30.1 Å². The van der Waals surface area contributed by atoms with Gasteiger partial charge in [-0.1, -0.05) is 6.07 Å². The second kappa shape index (κ2) is 5.37. The standard InChI is InChI=1S/C11H14FNO/c1-2-13(7-4-8-14)11-6-3-5-10(12)9-11/h3,5-6,8-9H,2,4,7H2,1H3. The Balaban J connectivity index is 2.72. The zero-order valence-corrected chi connectivity index (χ0v) is 8.24. The van der Waals surface area contributed by atoms with Crippen LogP contribution in [0.5, 0.6) is 0 Å². The lowest BCUT2D eigenvalue weighted by atomic mass is 10.2. The zero-order chi connectivity index (χ0) is 10.4. The maximum atomic E-state index is 12.9. The third kappa shape index (κ3) is 2.83. The molecule has 2 nitrogen and oxygen atoms in total. The molecular formula is C11H14FNO. The molecule has 0 unspecified atom stereocenters. The fourth-order valence-electron chi connectivity index (χ4n) is 1.35. The monoisotopic (exact) mass is 195 g/mol. The molecule has 0 saturated heterocycles. The first kappa shape index (κ1) is 10.7. The molecule has 0 aliphatic carbocycles. The molecule has 14 heavy (non-hydrogen) atoms. The summed E-state index contributed by atoms with van der Waals surface area (Å²) in [6.45, 7) is 3.40. The lowest BCUT2D eigenvalue weighted by molar-refractivity contribution is -0.107. The van der Waals surface area contributed by atoms with Crippen molar-refractivity contribution in [1.82, 2.24) is 0 Å². The van der Waals surface area contributed by atoms with Crippen LogP contribution in [0.1, 0.15) is 13.3 Å². The number of aldehydes is 1. The van der Waals surface area contributed by atoms with E-state index in [0.717, 1.165) is 18.5 Å². The number of halogens is 1. The van der Waals surface area contributed by atoms with Gasteiger partial charge in [0.05, 0.1) is 0 Å². The van der Waals surface area contributed by atoms with Gasteiger partial charge in [-0.3, -0.25) is 0 Å². The highest BCUT2D eigenvalue weighted by molar-refractivity contribution is 5.53. The highest BCUT2D eigenvalue weighted by atomic mass is 19.1. The van der Waals surface area contributed by atoms with Gasteiger partial charge in [-0.05, 0) is 25.1 Å². The Morgan fingerprint density at radius 3 is 2.86 bits per heavy atom. The SMILES string of the molecule is CCN(CCC=O)c1cccc(F)c1. The molecule has 0 saturated carbocycles. The molecule has 0 atom stereocenters. The Morgan fingerprint density at radius 2 is 2.29 bits per heavy atom. The highest BCUT2D eigenvalue weighted by Gasteiger charge is 2.03. The second-order valence-electron chi connectivity index (χ2n) is 3.01. The minimum atomic E-state index is -0.243. The fraction of sp³-hybridized carbons (Fsp3) is 0.364. The number of hydrogen-bond donors (Lipinski definition) is 0. The van der Waals surface area contributed by atoms with Gasteiger partial charge in [0.1, 0.15) is 12.1 Å². The molecule has 1 aromatic rings. The van der Waals surface area contributed by atoms with Crippen LogP contribution in [0.25, 0.3) is 0 Å². The Hall–Kier alpha value is -1.38. The summed E-state index contributed by atoms with van der Waals surface area (Å²) in [7, 11) is 0. The molecule has 1 rings (SSSR count). The van der Waals surface area contributed by atoms with E-state index in [1.807, 2.05) is 17.9 Å². The van der Waals surface area contributed by atoms with E-state index in [0.29, 0.717) is 13.0 Å². The summed E-state index contributed by atoms with van der Waals surface area (Å²) in [4.78, 5) is 12.2. The van der Waals surface area contributed by atoms with Crippen LogP contribution in [-0.4, -0.2) is 19.4 Å². The first-order chi connectivity index (χ1) is 6.77. The quantitative estimate of drug-likeness (QED) is 0.671. The molecule has 0 amide bonds. The lowest BCUT2D eigenvalue weighted by Gasteiger charge is -2.21. The topological polar surface area (TPSA) is 20.3 Å². The predicted octanol–water partition coefficient (Wildman–Crippen LogP) is 2.24. The van der Waals surface area contributed by atoms with E-state index >= 15 is 0 Å². The molecule has 0 bridgehead atoms. The van der Waals surface area contributed by atoms with Gasteiger partial charge in [-0.2, -0.15) is 0 Å². The summed E-state index contributed by atoms with van der Waals surface area (Å²) in [5.74, 6) is -0.243. The van der Waals surface area contributed by atoms with E-state index in [2.05, 4.69) is 0 Å². The summed E-state index contributed by atoms with van der Waals surface area (Å²) in [5, 5.41) is 0. The van der Waals surface area contributed by atoms with Crippen LogP contribution in [0.3, 0.4) is 0 Å². The zero-order valence-electron chi connectivity index (χ0n) is 8.24. The van der Waals surface area contributed by atoms with Gasteiger partial charge in [-0.25, -0.2) is 4.39 Å². The normalized spacial score (nSPS) is 9.86. The average molecular weight is 195 g/mol. The number of rotatable bonds is 5. The number of benzene rings is 1. The molecule has 1 aromatic carbocycles. The smallest absolute Gasteiger partial charge is 0.125 e. The predicted molar refractivity (Wildman–Crippen MR) is 55.0 cm³/mol. The fourth-order valence-corrected chi connectivity index (χ4v) is 1.35. The molecule has 0 heterocycles. The third-order valence-corrected chi connectivity index (χ3v) is 2.07. The summed E-state index contributed by atoms with van der Waals surface area (Å²) < 4.78 is 12.9. The van der Waals surface area contributed by atoms with Crippen LogP contribution in [0.2, 0.25) is 0 Å². The molecular weight excluding hydrogens is 181 g/mol. The first-order valence-corrected chi connectivity index (χ1v) is 4.72. The van der Waals surface area contributed by atoms with Gasteiger partial charge < -0.3 is 9.69 Å². The maximum Gasteiger partial charge on any atom is 0.125 e. The third-order valence-electron chi connectivity index (χ3n) is 2.07. The highest BCUT2D eigenvalue weighted by Crippen LogP contribution is 2.15. The lowest BCUT2D eigenvalue weighted by Crippen LogP contribution is -2.24. The minimum Gasteiger partial charge on any atom is -0.371 e. The van der Waals surface area contributed by atoms with E-state index in [9.17, 15) is 9.18 Å². The van der Waals surface area contributed by atoms with Crippen molar-refractivity contribution in [3.8, 4) is 0 Å². The van der Waals surface area contributed by atoms with Crippen LogP contribution >= 0.6 is 0 Å². The summed E-state index contributed by atoms with van der Waals surface area (Å²) in [6.07, 6.45) is 1.35. The van der Waals surface area contributed by atoms with Crippen LogP contribution in [0, 0.1) is 5.82 Å². The number of anilines is 1. The van der Waals surface area contributed by atoms with E-state index < -0.39 is 0 Å². The Morgan fingerprint density at radius 1 is 1.50 bits per heavy atom. The van der Waals surface area contributed by atoms with E-state index in [1.54, 1.807) is 6.07 Å². The molecule has 0 spiro atoms. The van der Waals surface area contributed by atoms with Gasteiger partial charge in [0.15, 0.2) is 0 Å². The molecule has 76 valence electrons. The molecule has 0 aliphatic heterocycles. The van der Waals surface area contributed by atoms with Crippen molar-refractivity contribution in [3.63, 3.8) is 0 Å². The van der Waals surface area contributed by atoms with Crippen molar-refractivity contribution in [1.29, 1.82) is 0 Å². The van der Waals surface area contributed by atoms with Crippen molar-refractivity contribution < 1.29 is 9.18 Å². The Kier molecular flexibility index (Phi) is 4.11. The number of carbonyl (C=O) groups is 1. The second-order valence-corrected chi connectivity index (χ2v) is 3.01. The largest absolute Gasteiger partial charge is 0.371 e. The summed E-state index contributed by atoms with van der Waals surface area (Å²) >= 11 is 0. The van der Waals surface area contributed by atoms with Gasteiger partial charge in [-0.15, -0.1) is 0 Å². The number of carbonyl (C=O) groups excluding carboxylic acids is 1. The van der Waals surface area contributed by atoms with E-state index in [4.69, 9.17) is 0 Å². The van der Waals surface area contributed by atoms with Crippen molar-refractivity contribution >= 4 is 12.0 Å². The van der Waals surface area contributed by atoms with Gasteiger partial charge in [0.2, 0.25) is 0 Å². The first-order valence-electron chi connectivity index (χ1n) is 4.72. The number of hydrogen-bond acceptors (Lipinski definition) is 2. The van der Waals surface area contributed by atoms with Gasteiger partial charge in [0, 0.05) is 25.2 Å².